The molecule has 57 heavy (non-hydrogen) atoms. The quantitative estimate of drug-likeness (QED) is 0.0994. The molecule has 15 nitrogen and oxygen atoms in total. The standard InChI is InChI=1S/C42H43N5O10/c1-46-35-10-11-43-25-34(35)31-5-2-26(20-37(31)46)27-3-9-39(44-24-27)57-30-21-29(22-30)56-19-17-54-15-13-52-12-14-53-16-18-55-28-4-6-32-33(23-28)42(51)47(41(32)50)36-7-8-38(48)45-40(36)49/h2-6,9-11,20,23-25,29-30,36H,7-8,12-19,21-22H2,1H3,(H,45,48,49). The average Bonchev–Trinajstić information content (AvgIpc) is 3.63. The molecule has 4 amide bonds. The summed E-state index contributed by atoms with van der Waals surface area (Å²) >= 11 is 0. The zero-order chi connectivity index (χ0) is 39.3. The van der Waals surface area contributed by atoms with Crippen molar-refractivity contribution < 1.29 is 47.6 Å². The Morgan fingerprint density at radius 2 is 1.46 bits per heavy atom. The van der Waals surface area contributed by atoms with E-state index < -0.39 is 29.7 Å². The molecule has 2 aliphatic heterocycles. The van der Waals surface area contributed by atoms with Crippen LogP contribution in [0.1, 0.15) is 46.4 Å². The lowest BCUT2D eigenvalue weighted by atomic mass is 9.92. The lowest BCUT2D eigenvalue weighted by Crippen LogP contribution is -2.54. The Balaban J connectivity index is 0.639. The minimum Gasteiger partial charge on any atom is -0.491 e. The van der Waals surface area contributed by atoms with Crippen molar-refractivity contribution in [1.82, 2.24) is 24.8 Å². The number of aryl methyl sites for hydroxylation is 1. The number of ether oxygens (including phenoxy) is 6. The van der Waals surface area contributed by atoms with Crippen LogP contribution in [-0.4, -0.2) is 114 Å². The van der Waals surface area contributed by atoms with Crippen molar-refractivity contribution in [2.45, 2.75) is 43.9 Å². The Hall–Kier alpha value is -5.74. The van der Waals surface area contributed by atoms with Gasteiger partial charge in [-0.25, -0.2) is 4.98 Å². The van der Waals surface area contributed by atoms with Crippen LogP contribution in [0.5, 0.6) is 11.6 Å². The van der Waals surface area contributed by atoms with E-state index in [4.69, 9.17) is 28.4 Å². The molecule has 1 saturated heterocycles. The monoisotopic (exact) mass is 777 g/mol. The summed E-state index contributed by atoms with van der Waals surface area (Å²) in [5.41, 5.74) is 4.79. The summed E-state index contributed by atoms with van der Waals surface area (Å²) in [6.07, 6.45) is 7.59. The number of carbonyl (C=O) groups is 4. The van der Waals surface area contributed by atoms with Gasteiger partial charge in [0.15, 0.2) is 0 Å². The molecule has 296 valence electrons. The molecule has 1 saturated carbocycles. The summed E-state index contributed by atoms with van der Waals surface area (Å²) < 4.78 is 36.6. The summed E-state index contributed by atoms with van der Waals surface area (Å²) in [7, 11) is 2.08. The molecular formula is C42H43N5O10. The van der Waals surface area contributed by atoms with Gasteiger partial charge in [0.05, 0.1) is 69.0 Å². The first-order valence-electron chi connectivity index (χ1n) is 19.1. The SMILES string of the molecule is Cn1c2ccncc2c2ccc(-c3ccc(OC4CC(OCCOCCOCCOCCOc5ccc6c(c5)C(=O)N(C5CCC(=O)NC5=O)C6=O)C4)nc3)cc21. The van der Waals surface area contributed by atoms with Crippen molar-refractivity contribution in [3.8, 4) is 22.8 Å². The topological polar surface area (TPSA) is 170 Å². The van der Waals surface area contributed by atoms with Crippen LogP contribution in [0.3, 0.4) is 0 Å². The average molecular weight is 778 g/mol. The summed E-state index contributed by atoms with van der Waals surface area (Å²) in [6, 6.07) is 16.0. The molecule has 1 aliphatic carbocycles. The van der Waals surface area contributed by atoms with E-state index in [1.165, 1.54) is 17.5 Å². The molecular weight excluding hydrogens is 734 g/mol. The maximum atomic E-state index is 13.0. The Kier molecular flexibility index (Phi) is 11.5. The molecule has 1 unspecified atom stereocenters. The number of hydrogen-bond donors (Lipinski definition) is 1. The number of fused-ring (bicyclic) bond motifs is 4. The van der Waals surface area contributed by atoms with Crippen LogP contribution in [0.4, 0.5) is 0 Å². The van der Waals surface area contributed by atoms with Crippen LogP contribution in [0.15, 0.2) is 73.2 Å². The van der Waals surface area contributed by atoms with Crippen molar-refractivity contribution in [1.29, 1.82) is 0 Å². The second kappa shape index (κ2) is 17.2. The number of hydrogen-bond acceptors (Lipinski definition) is 12. The van der Waals surface area contributed by atoms with E-state index in [9.17, 15) is 19.2 Å². The van der Waals surface area contributed by atoms with Gasteiger partial charge in [0.25, 0.3) is 11.8 Å². The van der Waals surface area contributed by atoms with Gasteiger partial charge in [-0.15, -0.1) is 0 Å². The molecule has 5 aromatic rings. The number of piperidine rings is 1. The lowest BCUT2D eigenvalue weighted by molar-refractivity contribution is -0.136. The first-order chi connectivity index (χ1) is 27.8. The van der Waals surface area contributed by atoms with E-state index in [1.54, 1.807) is 6.07 Å². The molecule has 8 rings (SSSR count). The minimum absolute atomic E-state index is 0.0632. The van der Waals surface area contributed by atoms with Gasteiger partial charge in [-0.3, -0.25) is 34.4 Å². The van der Waals surface area contributed by atoms with Gasteiger partial charge in [0.1, 0.15) is 24.5 Å². The molecule has 0 spiro atoms. The van der Waals surface area contributed by atoms with Crippen LogP contribution in [0.25, 0.3) is 32.9 Å². The third kappa shape index (κ3) is 8.37. The summed E-state index contributed by atoms with van der Waals surface area (Å²) in [4.78, 5) is 59.3. The van der Waals surface area contributed by atoms with Crippen LogP contribution < -0.4 is 14.8 Å². The molecule has 1 N–H and O–H groups in total. The molecule has 0 bridgehead atoms. The number of nitrogens with zero attached hydrogens (tertiary/aromatic N) is 4. The second-order valence-electron chi connectivity index (χ2n) is 14.1. The second-order valence-corrected chi connectivity index (χ2v) is 14.1. The van der Waals surface area contributed by atoms with Crippen molar-refractivity contribution in [3.63, 3.8) is 0 Å². The number of aromatic nitrogens is 3. The fraction of sp³-hybridized carbons (Fsp3) is 0.381. The van der Waals surface area contributed by atoms with Gasteiger partial charge in [-0.05, 0) is 48.4 Å². The zero-order valence-electron chi connectivity index (χ0n) is 31.5. The highest BCUT2D eigenvalue weighted by atomic mass is 16.6. The minimum atomic E-state index is -1.01. The Bertz CT molecular complexity index is 2290. The van der Waals surface area contributed by atoms with Gasteiger partial charge in [-0.2, -0.15) is 0 Å². The number of amides is 4. The number of pyridine rings is 2. The largest absolute Gasteiger partial charge is 0.491 e. The van der Waals surface area contributed by atoms with Crippen molar-refractivity contribution in [2.75, 3.05) is 52.9 Å². The third-order valence-electron chi connectivity index (χ3n) is 10.5. The van der Waals surface area contributed by atoms with E-state index >= 15 is 0 Å². The van der Waals surface area contributed by atoms with Crippen LogP contribution in [0.2, 0.25) is 0 Å². The van der Waals surface area contributed by atoms with Crippen molar-refractivity contribution in [3.05, 3.63) is 84.3 Å². The van der Waals surface area contributed by atoms with Gasteiger partial charge >= 0.3 is 0 Å². The van der Waals surface area contributed by atoms with E-state index in [2.05, 4.69) is 45.1 Å². The molecule has 3 aliphatic rings. The predicted molar refractivity (Wildman–Crippen MR) is 206 cm³/mol. The molecule has 2 fully saturated rings. The van der Waals surface area contributed by atoms with E-state index in [1.807, 2.05) is 36.8 Å². The number of benzene rings is 2. The molecule has 3 aromatic heterocycles. The molecule has 1 atom stereocenters. The van der Waals surface area contributed by atoms with E-state index in [-0.39, 0.29) is 42.8 Å². The fourth-order valence-corrected chi connectivity index (χ4v) is 7.35. The number of imide groups is 2. The van der Waals surface area contributed by atoms with Gasteiger partial charge < -0.3 is 33.0 Å². The number of nitrogens with one attached hydrogen (secondary N) is 1. The number of carbonyl (C=O) groups excluding carboxylic acids is 4. The smallest absolute Gasteiger partial charge is 0.262 e. The lowest BCUT2D eigenvalue weighted by Gasteiger charge is -2.34. The highest BCUT2D eigenvalue weighted by Crippen LogP contribution is 2.33. The molecule has 5 heterocycles. The van der Waals surface area contributed by atoms with E-state index in [0.29, 0.717) is 57.9 Å². The summed E-state index contributed by atoms with van der Waals surface area (Å²) in [5.74, 6) is -1.21. The molecule has 2 aromatic carbocycles. The summed E-state index contributed by atoms with van der Waals surface area (Å²) in [6.45, 7) is 3.13. The van der Waals surface area contributed by atoms with Gasteiger partial charge in [0, 0.05) is 72.8 Å². The fourth-order valence-electron chi connectivity index (χ4n) is 7.35. The number of rotatable bonds is 18. The first-order valence-corrected chi connectivity index (χ1v) is 19.1. The molecule has 15 heteroatoms. The Morgan fingerprint density at radius 1 is 0.719 bits per heavy atom. The van der Waals surface area contributed by atoms with Crippen molar-refractivity contribution in [2.24, 2.45) is 7.05 Å². The van der Waals surface area contributed by atoms with Gasteiger partial charge in [0.2, 0.25) is 17.7 Å². The first kappa shape index (κ1) is 38.1. The third-order valence-corrected chi connectivity index (χ3v) is 10.5. The Morgan fingerprint density at radius 3 is 2.21 bits per heavy atom. The van der Waals surface area contributed by atoms with Crippen molar-refractivity contribution >= 4 is 45.4 Å². The summed E-state index contributed by atoms with van der Waals surface area (Å²) in [5, 5.41) is 4.51. The predicted octanol–water partition coefficient (Wildman–Crippen LogP) is 4.24. The van der Waals surface area contributed by atoms with E-state index in [0.717, 1.165) is 45.3 Å². The highest BCUT2D eigenvalue weighted by molar-refractivity contribution is 6.23. The Labute approximate surface area is 328 Å². The normalized spacial score (nSPS) is 19.2. The zero-order valence-corrected chi connectivity index (χ0v) is 31.5. The maximum absolute atomic E-state index is 13.0. The van der Waals surface area contributed by atoms with Crippen LogP contribution >= 0.6 is 0 Å². The van der Waals surface area contributed by atoms with Gasteiger partial charge in [-0.1, -0.05) is 12.1 Å². The van der Waals surface area contributed by atoms with Crippen LogP contribution in [-0.2, 0) is 35.6 Å². The highest BCUT2D eigenvalue weighted by Gasteiger charge is 2.44. The maximum Gasteiger partial charge on any atom is 0.262 e. The molecule has 0 radical (unpaired) electrons. The van der Waals surface area contributed by atoms with Crippen LogP contribution in [0, 0.1) is 0 Å².